The summed E-state index contributed by atoms with van der Waals surface area (Å²) in [5.41, 5.74) is 1.61. The average Bonchev–Trinajstić information content (AvgIpc) is 3.15. The first kappa shape index (κ1) is 20.4. The first-order valence-corrected chi connectivity index (χ1v) is 10.1. The number of carbonyl (C=O) groups is 2. The fourth-order valence-electron chi connectivity index (χ4n) is 2.80. The van der Waals surface area contributed by atoms with E-state index < -0.39 is 0 Å². The molecule has 0 aliphatic rings. The predicted molar refractivity (Wildman–Crippen MR) is 113 cm³/mol. The number of nitrogens with one attached hydrogen (secondary N) is 2. The molecule has 0 bridgehead atoms. The lowest BCUT2D eigenvalue weighted by Gasteiger charge is -2.20. The van der Waals surface area contributed by atoms with Gasteiger partial charge in [-0.25, -0.2) is 0 Å². The molecule has 0 aliphatic carbocycles. The molecule has 1 aromatic carbocycles. The molecule has 0 saturated heterocycles. The Morgan fingerprint density at radius 1 is 1.21 bits per heavy atom. The number of nitrogens with zero attached hydrogens (tertiary/aromatic N) is 2. The summed E-state index contributed by atoms with van der Waals surface area (Å²) < 4.78 is 1.89. The summed E-state index contributed by atoms with van der Waals surface area (Å²) in [5, 5.41) is 11.7. The number of thiophene rings is 1. The number of aromatic nitrogens is 2. The van der Waals surface area contributed by atoms with Gasteiger partial charge in [0.05, 0.1) is 23.7 Å². The average molecular weight is 419 g/mol. The van der Waals surface area contributed by atoms with Crippen molar-refractivity contribution >= 4 is 45.0 Å². The summed E-state index contributed by atoms with van der Waals surface area (Å²) in [6.07, 6.45) is 0. The van der Waals surface area contributed by atoms with Crippen LogP contribution in [0, 0.1) is 6.92 Å². The molecule has 2 N–H and O–H groups in total. The summed E-state index contributed by atoms with van der Waals surface area (Å²) >= 11 is 7.32. The van der Waals surface area contributed by atoms with Crippen molar-refractivity contribution in [3.8, 4) is 0 Å². The molecule has 2 aromatic heterocycles. The van der Waals surface area contributed by atoms with Crippen molar-refractivity contribution in [1.82, 2.24) is 20.4 Å². The van der Waals surface area contributed by atoms with E-state index in [1.807, 2.05) is 62.7 Å². The highest BCUT2D eigenvalue weighted by Crippen LogP contribution is 2.29. The predicted octanol–water partition coefficient (Wildman–Crippen LogP) is 3.75. The maximum absolute atomic E-state index is 12.5. The molecule has 0 saturated carbocycles. The second-order valence-electron chi connectivity index (χ2n) is 7.68. The number of halogens is 1. The Balaban J connectivity index is 1.74. The summed E-state index contributed by atoms with van der Waals surface area (Å²) in [7, 11) is 0. The lowest BCUT2D eigenvalue weighted by atomic mass is 10.1. The van der Waals surface area contributed by atoms with Gasteiger partial charge in [0.15, 0.2) is 0 Å². The number of rotatable bonds is 5. The molecule has 0 atom stereocenters. The minimum Gasteiger partial charge on any atom is -0.350 e. The molecule has 28 heavy (non-hydrogen) atoms. The molecule has 8 heteroatoms. The van der Waals surface area contributed by atoms with E-state index in [0.29, 0.717) is 16.4 Å². The zero-order chi connectivity index (χ0) is 20.5. The second kappa shape index (κ2) is 7.93. The fraction of sp³-hybridized carbons (Fsp3) is 0.350. The molecular weight excluding hydrogens is 396 g/mol. The van der Waals surface area contributed by atoms with Crippen LogP contribution in [0.25, 0.3) is 10.2 Å². The highest BCUT2D eigenvalue weighted by molar-refractivity contribution is 7.20. The van der Waals surface area contributed by atoms with Gasteiger partial charge >= 0.3 is 0 Å². The molecule has 0 fully saturated rings. The van der Waals surface area contributed by atoms with Crippen molar-refractivity contribution in [3.05, 3.63) is 51.5 Å². The number of aryl methyl sites for hydroxylation is 1. The van der Waals surface area contributed by atoms with Gasteiger partial charge in [-0.15, -0.1) is 11.3 Å². The van der Waals surface area contributed by atoms with Crippen molar-refractivity contribution in [2.45, 2.75) is 39.8 Å². The zero-order valence-electron chi connectivity index (χ0n) is 16.3. The van der Waals surface area contributed by atoms with Crippen molar-refractivity contribution in [1.29, 1.82) is 0 Å². The Hall–Kier alpha value is -2.38. The maximum Gasteiger partial charge on any atom is 0.261 e. The van der Waals surface area contributed by atoms with Crippen LogP contribution >= 0.6 is 22.9 Å². The molecule has 2 heterocycles. The molecule has 6 nitrogen and oxygen atoms in total. The molecule has 0 aliphatic heterocycles. The number of benzene rings is 1. The Kier molecular flexibility index (Phi) is 5.76. The lowest BCUT2D eigenvalue weighted by Crippen LogP contribution is -2.45. The van der Waals surface area contributed by atoms with E-state index in [1.165, 1.54) is 11.3 Å². The van der Waals surface area contributed by atoms with Crippen LogP contribution in [-0.4, -0.2) is 33.7 Å². The van der Waals surface area contributed by atoms with Crippen molar-refractivity contribution < 1.29 is 9.59 Å². The molecule has 2 amide bonds. The zero-order valence-corrected chi connectivity index (χ0v) is 17.9. The quantitative estimate of drug-likeness (QED) is 0.662. The van der Waals surface area contributed by atoms with Crippen LogP contribution in [0.2, 0.25) is 5.02 Å². The van der Waals surface area contributed by atoms with Gasteiger partial charge in [0.1, 0.15) is 4.83 Å². The normalized spacial score (nSPS) is 11.6. The van der Waals surface area contributed by atoms with E-state index in [9.17, 15) is 9.59 Å². The first-order valence-electron chi connectivity index (χ1n) is 8.93. The third-order valence-corrected chi connectivity index (χ3v) is 5.40. The first-order chi connectivity index (χ1) is 13.1. The van der Waals surface area contributed by atoms with Crippen molar-refractivity contribution in [3.63, 3.8) is 0 Å². The highest BCUT2D eigenvalue weighted by atomic mass is 35.5. The van der Waals surface area contributed by atoms with Crippen molar-refractivity contribution in [2.75, 3.05) is 6.54 Å². The molecule has 148 valence electrons. The van der Waals surface area contributed by atoms with Gasteiger partial charge in [0, 0.05) is 15.9 Å². The van der Waals surface area contributed by atoms with Gasteiger partial charge in [0.2, 0.25) is 5.91 Å². The maximum atomic E-state index is 12.5. The molecule has 0 radical (unpaired) electrons. The largest absolute Gasteiger partial charge is 0.350 e. The molecule has 0 unspecified atom stereocenters. The highest BCUT2D eigenvalue weighted by Gasteiger charge is 2.18. The Bertz CT molecular complexity index is 1020. The van der Waals surface area contributed by atoms with Gasteiger partial charge in [0.25, 0.3) is 5.91 Å². The Labute approximate surface area is 172 Å². The van der Waals surface area contributed by atoms with Crippen LogP contribution in [-0.2, 0) is 11.3 Å². The molecule has 0 spiro atoms. The van der Waals surface area contributed by atoms with Crippen LogP contribution in [0.3, 0.4) is 0 Å². The summed E-state index contributed by atoms with van der Waals surface area (Å²) in [5.74, 6) is -0.477. The van der Waals surface area contributed by atoms with E-state index in [2.05, 4.69) is 15.7 Å². The van der Waals surface area contributed by atoms with E-state index in [4.69, 9.17) is 11.6 Å². The number of amides is 2. The third-order valence-electron chi connectivity index (χ3n) is 4.00. The number of hydrogen-bond donors (Lipinski definition) is 2. The number of fused-ring (bicyclic) bond motifs is 1. The monoisotopic (exact) mass is 418 g/mol. The smallest absolute Gasteiger partial charge is 0.261 e. The van der Waals surface area contributed by atoms with Crippen LogP contribution in [0.4, 0.5) is 0 Å². The standard InChI is InChI=1S/C20H23ClN4O2S/c1-12-15-9-16(18(27)22-10-17(26)23-20(2,3)4)28-19(15)25(24-12)11-13-5-7-14(21)8-6-13/h5-9H,10-11H2,1-4H3,(H,22,27)(H,23,26). The molecule has 3 aromatic rings. The SMILES string of the molecule is Cc1nn(Cc2ccc(Cl)cc2)c2sc(C(=O)NCC(=O)NC(C)(C)C)cc12. The summed E-state index contributed by atoms with van der Waals surface area (Å²) in [6, 6.07) is 9.44. The van der Waals surface area contributed by atoms with Gasteiger partial charge in [-0.2, -0.15) is 5.10 Å². The fourth-order valence-corrected chi connectivity index (χ4v) is 4.01. The van der Waals surface area contributed by atoms with Gasteiger partial charge in [-0.3, -0.25) is 14.3 Å². The lowest BCUT2D eigenvalue weighted by molar-refractivity contribution is -0.121. The van der Waals surface area contributed by atoms with Gasteiger partial charge in [-0.05, 0) is 51.5 Å². The summed E-state index contributed by atoms with van der Waals surface area (Å²) in [6.45, 7) is 8.15. The summed E-state index contributed by atoms with van der Waals surface area (Å²) in [4.78, 5) is 25.9. The molecular formula is C20H23ClN4O2S. The van der Waals surface area contributed by atoms with Crippen LogP contribution in [0.1, 0.15) is 41.7 Å². The van der Waals surface area contributed by atoms with Gasteiger partial charge in [-0.1, -0.05) is 23.7 Å². The van der Waals surface area contributed by atoms with Gasteiger partial charge < -0.3 is 10.6 Å². The van der Waals surface area contributed by atoms with Crippen LogP contribution < -0.4 is 10.6 Å². The number of carbonyl (C=O) groups excluding carboxylic acids is 2. The topological polar surface area (TPSA) is 76.0 Å². The Morgan fingerprint density at radius 2 is 1.89 bits per heavy atom. The van der Waals surface area contributed by atoms with Crippen molar-refractivity contribution in [2.24, 2.45) is 0 Å². The van der Waals surface area contributed by atoms with E-state index in [1.54, 1.807) is 0 Å². The minimum absolute atomic E-state index is 0.0553. The molecule has 3 rings (SSSR count). The van der Waals surface area contributed by atoms with Crippen LogP contribution in [0.15, 0.2) is 30.3 Å². The van der Waals surface area contributed by atoms with E-state index in [0.717, 1.165) is 21.5 Å². The van der Waals surface area contributed by atoms with Crippen LogP contribution in [0.5, 0.6) is 0 Å². The van der Waals surface area contributed by atoms with E-state index >= 15 is 0 Å². The number of hydrogen-bond acceptors (Lipinski definition) is 4. The minimum atomic E-state index is -0.332. The Morgan fingerprint density at radius 3 is 2.54 bits per heavy atom. The second-order valence-corrected chi connectivity index (χ2v) is 9.15. The third kappa shape index (κ3) is 4.91. The van der Waals surface area contributed by atoms with E-state index in [-0.39, 0.29) is 23.9 Å².